The second kappa shape index (κ2) is 8.94. The summed E-state index contributed by atoms with van der Waals surface area (Å²) >= 11 is 12.2. The van der Waals surface area contributed by atoms with E-state index in [1.54, 1.807) is 17.0 Å². The Labute approximate surface area is 182 Å². The van der Waals surface area contributed by atoms with Crippen molar-refractivity contribution in [3.63, 3.8) is 0 Å². The van der Waals surface area contributed by atoms with Gasteiger partial charge >= 0.3 is 0 Å². The predicted octanol–water partition coefficient (Wildman–Crippen LogP) is 4.76. The Morgan fingerprint density at radius 3 is 2.34 bits per heavy atom. The summed E-state index contributed by atoms with van der Waals surface area (Å²) < 4.78 is 27.9. The first kappa shape index (κ1) is 21.9. The summed E-state index contributed by atoms with van der Waals surface area (Å²) in [5.74, 6) is 0.166. The summed E-state index contributed by atoms with van der Waals surface area (Å²) in [5, 5.41) is 0.603. The lowest BCUT2D eigenvalue weighted by atomic mass is 10.0. The molecule has 0 unspecified atom stereocenters. The molecule has 0 radical (unpaired) electrons. The largest absolute Gasteiger partial charge is 0.341 e. The van der Waals surface area contributed by atoms with E-state index in [9.17, 15) is 13.2 Å². The summed E-state index contributed by atoms with van der Waals surface area (Å²) in [4.78, 5) is 14.8. The number of aryl methyl sites for hydroxylation is 1. The number of likely N-dealkylation sites (tertiary alicyclic amines) is 1. The molecule has 5 nitrogen and oxygen atoms in total. The van der Waals surface area contributed by atoms with Crippen LogP contribution in [-0.4, -0.2) is 38.9 Å². The maximum atomic E-state index is 13.4. The molecule has 1 aliphatic heterocycles. The van der Waals surface area contributed by atoms with Crippen LogP contribution in [0.2, 0.25) is 10.0 Å². The number of hydrogen-bond donors (Lipinski definition) is 0. The fourth-order valence-corrected chi connectivity index (χ4v) is 5.39. The maximum Gasteiger partial charge on any atom is 0.264 e. The molecular formula is C21H24Cl2N2O3S. The Hall–Kier alpha value is -1.76. The highest BCUT2D eigenvalue weighted by Gasteiger charge is 2.30. The molecule has 1 saturated heterocycles. The summed E-state index contributed by atoms with van der Waals surface area (Å²) in [7, 11) is -3.98. The van der Waals surface area contributed by atoms with Crippen LogP contribution in [0.4, 0.5) is 5.69 Å². The molecular weight excluding hydrogens is 431 g/mol. The van der Waals surface area contributed by atoms with Gasteiger partial charge in [0.25, 0.3) is 10.0 Å². The number of sulfonamides is 1. The third kappa shape index (κ3) is 5.24. The molecule has 1 heterocycles. The number of benzene rings is 2. The first-order valence-electron chi connectivity index (χ1n) is 9.50. The van der Waals surface area contributed by atoms with Crippen molar-refractivity contribution in [3.05, 3.63) is 58.1 Å². The number of carbonyl (C=O) groups is 1. The van der Waals surface area contributed by atoms with Crippen LogP contribution >= 0.6 is 23.2 Å². The van der Waals surface area contributed by atoms with E-state index in [1.165, 1.54) is 30.3 Å². The second-order valence-corrected chi connectivity index (χ2v) is 10.3. The lowest BCUT2D eigenvalue weighted by Crippen LogP contribution is -2.46. The van der Waals surface area contributed by atoms with Gasteiger partial charge in [-0.2, -0.15) is 0 Å². The summed E-state index contributed by atoms with van der Waals surface area (Å²) in [6.07, 6.45) is 1.99. The van der Waals surface area contributed by atoms with Gasteiger partial charge in [0.2, 0.25) is 5.91 Å². The van der Waals surface area contributed by atoms with Gasteiger partial charge in [0.15, 0.2) is 0 Å². The zero-order valence-corrected chi connectivity index (χ0v) is 18.8. The van der Waals surface area contributed by atoms with E-state index in [2.05, 4.69) is 6.92 Å². The van der Waals surface area contributed by atoms with Crippen LogP contribution < -0.4 is 4.31 Å². The van der Waals surface area contributed by atoms with Crippen LogP contribution in [-0.2, 0) is 14.8 Å². The minimum atomic E-state index is -3.98. The molecule has 0 saturated carbocycles. The van der Waals surface area contributed by atoms with E-state index in [0.29, 0.717) is 29.1 Å². The van der Waals surface area contributed by atoms with E-state index in [0.717, 1.165) is 22.7 Å². The molecule has 0 bridgehead atoms. The highest BCUT2D eigenvalue weighted by Crippen LogP contribution is 2.30. The van der Waals surface area contributed by atoms with Crippen molar-refractivity contribution in [1.29, 1.82) is 0 Å². The van der Waals surface area contributed by atoms with Gasteiger partial charge in [0.1, 0.15) is 6.54 Å². The average molecular weight is 455 g/mol. The van der Waals surface area contributed by atoms with Gasteiger partial charge in [-0.05, 0) is 56.0 Å². The molecule has 156 valence electrons. The molecule has 1 aliphatic rings. The van der Waals surface area contributed by atoms with Crippen molar-refractivity contribution in [2.75, 3.05) is 23.9 Å². The highest BCUT2D eigenvalue weighted by molar-refractivity contribution is 7.92. The van der Waals surface area contributed by atoms with Crippen molar-refractivity contribution < 1.29 is 13.2 Å². The summed E-state index contributed by atoms with van der Waals surface area (Å²) in [6, 6.07) is 11.1. The lowest BCUT2D eigenvalue weighted by Gasteiger charge is -2.33. The van der Waals surface area contributed by atoms with E-state index in [-0.39, 0.29) is 23.0 Å². The van der Waals surface area contributed by atoms with Crippen molar-refractivity contribution in [1.82, 2.24) is 4.90 Å². The minimum absolute atomic E-state index is 0.110. The number of hydrogen-bond acceptors (Lipinski definition) is 3. The zero-order valence-electron chi connectivity index (χ0n) is 16.4. The minimum Gasteiger partial charge on any atom is -0.341 e. The molecule has 0 N–H and O–H groups in total. The van der Waals surface area contributed by atoms with Gasteiger partial charge in [0.05, 0.1) is 10.6 Å². The SMILES string of the molecule is Cc1ccc(S(=O)(=O)N(CC(=O)N2CCC[C@@H](C)C2)c2cc(Cl)cc(Cl)c2)cc1. The van der Waals surface area contributed by atoms with Crippen molar-refractivity contribution >= 4 is 44.8 Å². The Morgan fingerprint density at radius 1 is 1.14 bits per heavy atom. The molecule has 0 aromatic heterocycles. The lowest BCUT2D eigenvalue weighted by molar-refractivity contribution is -0.131. The van der Waals surface area contributed by atoms with Gasteiger partial charge in [-0.25, -0.2) is 8.42 Å². The van der Waals surface area contributed by atoms with Crippen molar-refractivity contribution in [3.8, 4) is 0 Å². The van der Waals surface area contributed by atoms with Crippen LogP contribution in [0.3, 0.4) is 0 Å². The molecule has 1 fully saturated rings. The maximum absolute atomic E-state index is 13.4. The third-order valence-corrected chi connectivity index (χ3v) is 7.26. The van der Waals surface area contributed by atoms with Gasteiger partial charge in [-0.3, -0.25) is 9.10 Å². The number of nitrogens with zero attached hydrogens (tertiary/aromatic N) is 2. The molecule has 0 aliphatic carbocycles. The fourth-order valence-electron chi connectivity index (χ4n) is 3.47. The topological polar surface area (TPSA) is 57.7 Å². The normalized spacial score (nSPS) is 17.2. The standard InChI is InChI=1S/C21H24Cl2N2O3S/c1-15-5-7-20(8-6-15)29(27,28)25(19-11-17(22)10-18(23)12-19)14-21(26)24-9-3-4-16(2)13-24/h5-8,10-12,16H,3-4,9,13-14H2,1-2H3/t16-/m1/s1. The van der Waals surface area contributed by atoms with E-state index >= 15 is 0 Å². The molecule has 1 atom stereocenters. The molecule has 8 heteroatoms. The van der Waals surface area contributed by atoms with Gasteiger partial charge in [-0.15, -0.1) is 0 Å². The number of anilines is 1. The van der Waals surface area contributed by atoms with Gasteiger partial charge < -0.3 is 4.90 Å². The molecule has 1 amide bonds. The second-order valence-electron chi connectivity index (χ2n) is 7.54. The van der Waals surface area contributed by atoms with Crippen LogP contribution in [0.5, 0.6) is 0 Å². The average Bonchev–Trinajstić information content (AvgIpc) is 2.65. The van der Waals surface area contributed by atoms with Crippen LogP contribution in [0, 0.1) is 12.8 Å². The van der Waals surface area contributed by atoms with Crippen LogP contribution in [0.1, 0.15) is 25.3 Å². The number of piperidine rings is 1. The molecule has 0 spiro atoms. The fraction of sp³-hybridized carbons (Fsp3) is 0.381. The number of halogens is 2. The first-order valence-corrected chi connectivity index (χ1v) is 11.7. The number of amides is 1. The summed E-state index contributed by atoms with van der Waals surface area (Å²) in [5.41, 5.74) is 1.21. The smallest absolute Gasteiger partial charge is 0.264 e. The Morgan fingerprint density at radius 2 is 1.76 bits per heavy atom. The molecule has 3 rings (SSSR count). The Bertz CT molecular complexity index is 973. The van der Waals surface area contributed by atoms with Crippen LogP contribution in [0.15, 0.2) is 47.4 Å². The molecule has 2 aromatic rings. The van der Waals surface area contributed by atoms with Crippen LogP contribution in [0.25, 0.3) is 0 Å². The van der Waals surface area contributed by atoms with Crippen molar-refractivity contribution in [2.45, 2.75) is 31.6 Å². The Kier molecular flexibility index (Phi) is 6.76. The highest BCUT2D eigenvalue weighted by atomic mass is 35.5. The number of rotatable bonds is 5. The van der Waals surface area contributed by atoms with E-state index in [4.69, 9.17) is 23.2 Å². The number of carbonyl (C=O) groups excluding carboxylic acids is 1. The predicted molar refractivity (Wildman–Crippen MR) is 117 cm³/mol. The quantitative estimate of drug-likeness (QED) is 0.654. The zero-order chi connectivity index (χ0) is 21.2. The summed E-state index contributed by atoms with van der Waals surface area (Å²) in [6.45, 7) is 4.94. The van der Waals surface area contributed by atoms with E-state index < -0.39 is 10.0 Å². The Balaban J connectivity index is 1.99. The van der Waals surface area contributed by atoms with Crippen molar-refractivity contribution in [2.24, 2.45) is 5.92 Å². The molecule has 29 heavy (non-hydrogen) atoms. The van der Waals surface area contributed by atoms with E-state index in [1.807, 2.05) is 6.92 Å². The van der Waals surface area contributed by atoms with Gasteiger partial charge in [0, 0.05) is 23.1 Å². The molecule has 2 aromatic carbocycles. The monoisotopic (exact) mass is 454 g/mol. The van der Waals surface area contributed by atoms with Gasteiger partial charge in [-0.1, -0.05) is 47.8 Å². The third-order valence-electron chi connectivity index (χ3n) is 5.03. The first-order chi connectivity index (χ1) is 13.7.